The van der Waals surface area contributed by atoms with E-state index >= 15 is 0 Å². The smallest absolute Gasteiger partial charge is 0.0789 e. The lowest BCUT2D eigenvalue weighted by molar-refractivity contribution is 0.370. The molecule has 4 N–H and O–H groups in total. The van der Waals surface area contributed by atoms with Crippen LogP contribution in [0.1, 0.15) is 39.7 Å². The van der Waals surface area contributed by atoms with Crippen LogP contribution in [0.15, 0.2) is 84.0 Å². The second-order valence-corrected chi connectivity index (χ2v) is 8.58. The van der Waals surface area contributed by atoms with Crippen LogP contribution in [-0.2, 0) is 5.41 Å². The van der Waals surface area contributed by atoms with E-state index in [1.807, 2.05) is 0 Å². The fraction of sp³-hybridized carbons (Fsp3) is 0.259. The van der Waals surface area contributed by atoms with Crippen molar-refractivity contribution in [3.8, 4) is 0 Å². The summed E-state index contributed by atoms with van der Waals surface area (Å²) in [5.41, 5.74) is 12.2. The van der Waals surface area contributed by atoms with Crippen LogP contribution in [0.4, 0.5) is 5.69 Å². The Labute approximate surface area is 179 Å². The lowest BCUT2D eigenvalue weighted by atomic mass is 9.68. The number of benzene rings is 2. The van der Waals surface area contributed by atoms with Crippen molar-refractivity contribution in [2.24, 2.45) is 5.92 Å². The zero-order valence-electron chi connectivity index (χ0n) is 18.3. The highest BCUT2D eigenvalue weighted by molar-refractivity contribution is 6.48. The van der Waals surface area contributed by atoms with Crippen molar-refractivity contribution in [3.63, 3.8) is 0 Å². The van der Waals surface area contributed by atoms with Gasteiger partial charge in [-0.15, -0.1) is 0 Å². The maximum atomic E-state index is 7.03. The monoisotopic (exact) mass is 397 g/mol. The quantitative estimate of drug-likeness (QED) is 0.361. The van der Waals surface area contributed by atoms with Crippen molar-refractivity contribution >= 4 is 27.9 Å². The minimum atomic E-state index is 0.0342. The molecule has 0 bridgehead atoms. The van der Waals surface area contributed by atoms with Gasteiger partial charge in [0.25, 0.3) is 0 Å². The Balaban J connectivity index is 0.000000269. The number of fused-ring (bicyclic) bond motifs is 1. The van der Waals surface area contributed by atoms with Gasteiger partial charge in [0.05, 0.1) is 11.4 Å². The first-order chi connectivity index (χ1) is 14.2. The maximum absolute atomic E-state index is 7.03. The van der Waals surface area contributed by atoms with Crippen molar-refractivity contribution in [2.75, 3.05) is 5.73 Å². The van der Waals surface area contributed by atoms with Crippen LogP contribution in [-0.4, -0.2) is 11.4 Å². The summed E-state index contributed by atoms with van der Waals surface area (Å²) in [7, 11) is 0. The minimum absolute atomic E-state index is 0.0342. The molecule has 0 spiro atoms. The third kappa shape index (κ3) is 4.35. The van der Waals surface area contributed by atoms with Crippen LogP contribution in [0.3, 0.4) is 0 Å². The van der Waals surface area contributed by atoms with Gasteiger partial charge in [0.15, 0.2) is 0 Å². The number of nitrogen functional groups attached to an aromatic ring is 1. The van der Waals surface area contributed by atoms with Gasteiger partial charge in [0.1, 0.15) is 0 Å². The first-order valence-corrected chi connectivity index (χ1v) is 10.4. The first kappa shape index (κ1) is 21.5. The van der Waals surface area contributed by atoms with Gasteiger partial charge in [-0.25, -0.2) is 0 Å². The number of allylic oxidation sites excluding steroid dienone is 8. The minimum Gasteiger partial charge on any atom is -0.398 e. The zero-order chi connectivity index (χ0) is 21.9. The predicted octanol–water partition coefficient (Wildman–Crippen LogP) is 6.76. The number of nitrogens with one attached hydrogen (secondary N) is 2. The number of nitrogens with two attached hydrogens (primary N) is 1. The van der Waals surface area contributed by atoms with Gasteiger partial charge in [-0.05, 0) is 49.3 Å². The highest BCUT2D eigenvalue weighted by atomic mass is 14.6. The highest BCUT2D eigenvalue weighted by Gasteiger charge is 2.35. The van der Waals surface area contributed by atoms with Crippen molar-refractivity contribution in [2.45, 2.75) is 39.5 Å². The van der Waals surface area contributed by atoms with E-state index in [1.54, 1.807) is 24.3 Å². The summed E-state index contributed by atoms with van der Waals surface area (Å²) >= 11 is 0. The largest absolute Gasteiger partial charge is 0.398 e. The van der Waals surface area contributed by atoms with Crippen molar-refractivity contribution in [1.82, 2.24) is 0 Å². The first-order valence-electron chi connectivity index (χ1n) is 10.4. The van der Waals surface area contributed by atoms with Gasteiger partial charge in [-0.2, -0.15) is 0 Å². The molecule has 2 unspecified atom stereocenters. The Morgan fingerprint density at radius 1 is 0.967 bits per heavy atom. The Hall–Kier alpha value is -3.20. The molecular weight excluding hydrogens is 366 g/mol. The van der Waals surface area contributed by atoms with Crippen LogP contribution < -0.4 is 5.73 Å². The van der Waals surface area contributed by atoms with Gasteiger partial charge in [0, 0.05) is 16.5 Å². The van der Waals surface area contributed by atoms with E-state index in [1.165, 1.54) is 27.5 Å². The summed E-state index contributed by atoms with van der Waals surface area (Å²) in [4.78, 5) is 0. The molecule has 2 aliphatic rings. The molecule has 0 aromatic heterocycles. The Morgan fingerprint density at radius 3 is 2.23 bits per heavy atom. The van der Waals surface area contributed by atoms with Crippen LogP contribution in [0.5, 0.6) is 0 Å². The molecule has 2 atom stereocenters. The molecule has 2 aromatic rings. The summed E-state index contributed by atoms with van der Waals surface area (Å²) in [6, 6.07) is 12.8. The molecule has 3 nitrogen and oxygen atoms in total. The van der Waals surface area contributed by atoms with E-state index in [0.29, 0.717) is 5.92 Å². The summed E-state index contributed by atoms with van der Waals surface area (Å²) in [5.74, 6) is 0.449. The average Bonchev–Trinajstić information content (AvgIpc) is 2.80. The molecule has 0 radical (unpaired) electrons. The van der Waals surface area contributed by atoms with E-state index in [4.69, 9.17) is 16.6 Å². The van der Waals surface area contributed by atoms with Crippen LogP contribution >= 0.6 is 0 Å². The summed E-state index contributed by atoms with van der Waals surface area (Å²) < 4.78 is 0. The number of rotatable bonds is 1. The molecule has 0 saturated heterocycles. The third-order valence-electron chi connectivity index (χ3n) is 6.15. The molecule has 30 heavy (non-hydrogen) atoms. The fourth-order valence-electron chi connectivity index (χ4n) is 4.42. The lowest BCUT2D eigenvalue weighted by Crippen LogP contribution is -2.30. The number of hydrogen-bond donors (Lipinski definition) is 3. The molecule has 4 rings (SSSR count). The van der Waals surface area contributed by atoms with Gasteiger partial charge in [-0.3, -0.25) is 10.8 Å². The van der Waals surface area contributed by atoms with E-state index in [2.05, 4.69) is 76.2 Å². The summed E-state index contributed by atoms with van der Waals surface area (Å²) in [6.45, 7) is 9.08. The van der Waals surface area contributed by atoms with E-state index < -0.39 is 0 Å². The molecule has 154 valence electrons. The SMILES string of the molecule is CC1=CC(C)C(C)(c2ccc3ccccc3c2N)CC(C)=C1.N=C1C=CC=CC1=N. The molecule has 0 aliphatic heterocycles. The topological polar surface area (TPSA) is 73.7 Å². The van der Waals surface area contributed by atoms with Gasteiger partial charge < -0.3 is 5.73 Å². The average molecular weight is 398 g/mol. The molecule has 0 fully saturated rings. The van der Waals surface area contributed by atoms with Gasteiger partial charge in [0.2, 0.25) is 0 Å². The normalized spacial score (nSPS) is 23.4. The predicted molar refractivity (Wildman–Crippen MR) is 131 cm³/mol. The molecule has 0 heterocycles. The summed E-state index contributed by atoms with van der Waals surface area (Å²) in [6.07, 6.45) is 12.4. The second kappa shape index (κ2) is 8.66. The van der Waals surface area contributed by atoms with Crippen LogP contribution in [0.2, 0.25) is 0 Å². The highest BCUT2D eigenvalue weighted by Crippen LogP contribution is 2.45. The Morgan fingerprint density at radius 2 is 1.60 bits per heavy atom. The van der Waals surface area contributed by atoms with Gasteiger partial charge in [-0.1, -0.05) is 85.7 Å². The Kier molecular flexibility index (Phi) is 6.21. The number of hydrogen-bond acceptors (Lipinski definition) is 3. The zero-order valence-corrected chi connectivity index (χ0v) is 18.3. The van der Waals surface area contributed by atoms with Crippen molar-refractivity contribution in [3.05, 3.63) is 89.6 Å². The molecule has 0 saturated carbocycles. The molecule has 2 aliphatic carbocycles. The van der Waals surface area contributed by atoms with Crippen LogP contribution in [0.25, 0.3) is 10.8 Å². The van der Waals surface area contributed by atoms with E-state index in [9.17, 15) is 0 Å². The summed E-state index contributed by atoms with van der Waals surface area (Å²) in [5, 5.41) is 16.4. The van der Waals surface area contributed by atoms with Crippen LogP contribution in [0, 0.1) is 16.7 Å². The number of anilines is 1. The fourth-order valence-corrected chi connectivity index (χ4v) is 4.42. The van der Waals surface area contributed by atoms with Crippen molar-refractivity contribution in [1.29, 1.82) is 10.8 Å². The second-order valence-electron chi connectivity index (χ2n) is 8.58. The molecule has 2 aromatic carbocycles. The standard InChI is InChI=1S/C21H25N.C6H6N2/c1-14-11-15(2)13-21(4,16(3)12-14)19-10-9-17-7-5-6-8-18(17)20(19)22;7-5-3-1-2-4-6(5)8/h5-12,16H,13,22H2,1-4H3;1-4,7-8H. The maximum Gasteiger partial charge on any atom is 0.0789 e. The molecule has 3 heteroatoms. The van der Waals surface area contributed by atoms with Crippen molar-refractivity contribution < 1.29 is 0 Å². The molecule has 0 amide bonds. The van der Waals surface area contributed by atoms with Gasteiger partial charge >= 0.3 is 0 Å². The third-order valence-corrected chi connectivity index (χ3v) is 6.15. The molecular formula is C27H31N3. The lowest BCUT2D eigenvalue weighted by Gasteiger charge is -2.36. The van der Waals surface area contributed by atoms with E-state index in [-0.39, 0.29) is 16.8 Å². The Bertz CT molecular complexity index is 1090. The van der Waals surface area contributed by atoms with E-state index in [0.717, 1.165) is 12.1 Å².